The van der Waals surface area contributed by atoms with Crippen LogP contribution in [0.4, 0.5) is 0 Å². The third-order valence-corrected chi connectivity index (χ3v) is 3.37. The van der Waals surface area contributed by atoms with E-state index in [1.807, 2.05) is 24.3 Å². The van der Waals surface area contributed by atoms with Gasteiger partial charge in [0.2, 0.25) is 0 Å². The molecule has 0 unspecified atom stereocenters. The molecule has 0 spiro atoms. The standard InChI is InChI=1S/C17H27N3O5/c21-16(22)11-14-3-1-2-4-15(14)13-25-10-9-19-6-5-18-7-8-20-12-17(23)24/h1-4,18-20H,5-13H2,(H,21,22)(H,23,24). The number of carbonyl (C=O) groups is 2. The highest BCUT2D eigenvalue weighted by atomic mass is 16.5. The van der Waals surface area contributed by atoms with E-state index in [1.54, 1.807) is 0 Å². The van der Waals surface area contributed by atoms with Crippen molar-refractivity contribution in [3.63, 3.8) is 0 Å². The van der Waals surface area contributed by atoms with Crippen molar-refractivity contribution >= 4 is 11.9 Å². The molecule has 8 nitrogen and oxygen atoms in total. The van der Waals surface area contributed by atoms with Gasteiger partial charge in [0.05, 0.1) is 26.2 Å². The zero-order valence-corrected chi connectivity index (χ0v) is 14.3. The van der Waals surface area contributed by atoms with E-state index in [2.05, 4.69) is 16.0 Å². The Morgan fingerprint density at radius 3 is 2.08 bits per heavy atom. The van der Waals surface area contributed by atoms with Crippen LogP contribution in [-0.4, -0.2) is 68.0 Å². The minimum absolute atomic E-state index is 0.00474. The van der Waals surface area contributed by atoms with Crippen molar-refractivity contribution in [2.45, 2.75) is 13.0 Å². The fourth-order valence-electron chi connectivity index (χ4n) is 2.16. The van der Waals surface area contributed by atoms with Gasteiger partial charge >= 0.3 is 11.9 Å². The minimum Gasteiger partial charge on any atom is -0.481 e. The van der Waals surface area contributed by atoms with Gasteiger partial charge < -0.3 is 30.9 Å². The average Bonchev–Trinajstić information content (AvgIpc) is 2.56. The van der Waals surface area contributed by atoms with Crippen LogP contribution in [0, 0.1) is 0 Å². The summed E-state index contributed by atoms with van der Waals surface area (Å²) in [6.07, 6.45) is 0.00474. The Bertz CT molecular complexity index is 525. The van der Waals surface area contributed by atoms with Gasteiger partial charge in [-0.25, -0.2) is 0 Å². The lowest BCUT2D eigenvalue weighted by Crippen LogP contribution is -2.35. The van der Waals surface area contributed by atoms with Gasteiger partial charge in [-0.1, -0.05) is 24.3 Å². The van der Waals surface area contributed by atoms with Gasteiger partial charge in [-0.15, -0.1) is 0 Å². The number of carboxylic acid groups (broad SMARTS) is 2. The van der Waals surface area contributed by atoms with E-state index in [4.69, 9.17) is 14.9 Å². The Morgan fingerprint density at radius 2 is 1.44 bits per heavy atom. The molecule has 0 aliphatic heterocycles. The summed E-state index contributed by atoms with van der Waals surface area (Å²) in [6.45, 7) is 4.54. The first-order valence-corrected chi connectivity index (χ1v) is 8.30. The fourth-order valence-corrected chi connectivity index (χ4v) is 2.16. The predicted octanol–water partition coefficient (Wildman–Crippen LogP) is -0.316. The van der Waals surface area contributed by atoms with Crippen LogP contribution in [0.1, 0.15) is 11.1 Å². The lowest BCUT2D eigenvalue weighted by atomic mass is 10.1. The SMILES string of the molecule is O=C(O)CNCCNCCNCCOCc1ccccc1CC(=O)O. The van der Waals surface area contributed by atoms with Crippen molar-refractivity contribution < 1.29 is 24.5 Å². The molecule has 25 heavy (non-hydrogen) atoms. The van der Waals surface area contributed by atoms with Gasteiger partial charge in [0, 0.05) is 32.7 Å². The lowest BCUT2D eigenvalue weighted by molar-refractivity contribution is -0.137. The molecule has 0 bridgehead atoms. The molecular weight excluding hydrogens is 326 g/mol. The quantitative estimate of drug-likeness (QED) is 0.272. The van der Waals surface area contributed by atoms with E-state index < -0.39 is 11.9 Å². The predicted molar refractivity (Wildman–Crippen MR) is 93.7 cm³/mol. The molecule has 0 saturated heterocycles. The Labute approximate surface area is 147 Å². The number of rotatable bonds is 15. The van der Waals surface area contributed by atoms with Gasteiger partial charge in [0.15, 0.2) is 0 Å². The molecular formula is C17H27N3O5. The van der Waals surface area contributed by atoms with Crippen LogP contribution in [0.3, 0.4) is 0 Å². The third kappa shape index (κ3) is 11.2. The smallest absolute Gasteiger partial charge is 0.317 e. The number of benzene rings is 1. The van der Waals surface area contributed by atoms with Crippen LogP contribution in [0.25, 0.3) is 0 Å². The number of carboxylic acids is 2. The highest BCUT2D eigenvalue weighted by Crippen LogP contribution is 2.10. The van der Waals surface area contributed by atoms with Crippen molar-refractivity contribution in [3.8, 4) is 0 Å². The molecule has 0 aliphatic rings. The maximum Gasteiger partial charge on any atom is 0.317 e. The summed E-state index contributed by atoms with van der Waals surface area (Å²) in [4.78, 5) is 21.1. The second-order valence-corrected chi connectivity index (χ2v) is 5.46. The molecule has 1 aromatic carbocycles. The monoisotopic (exact) mass is 353 g/mol. The Kier molecular flexibility index (Phi) is 11.2. The number of nitrogens with one attached hydrogen (secondary N) is 3. The Balaban J connectivity index is 1.99. The van der Waals surface area contributed by atoms with Crippen molar-refractivity contribution in [1.82, 2.24) is 16.0 Å². The Hall–Kier alpha value is -2.00. The molecule has 0 saturated carbocycles. The highest BCUT2D eigenvalue weighted by Gasteiger charge is 2.06. The van der Waals surface area contributed by atoms with Gasteiger partial charge in [0.1, 0.15) is 0 Å². The largest absolute Gasteiger partial charge is 0.481 e. The summed E-state index contributed by atoms with van der Waals surface area (Å²) in [7, 11) is 0. The summed E-state index contributed by atoms with van der Waals surface area (Å²) in [6, 6.07) is 7.39. The molecule has 5 N–H and O–H groups in total. The first kappa shape index (κ1) is 21.0. The number of hydrogen-bond acceptors (Lipinski definition) is 6. The molecule has 1 rings (SSSR count). The summed E-state index contributed by atoms with van der Waals surface area (Å²) >= 11 is 0. The van der Waals surface area contributed by atoms with E-state index in [0.29, 0.717) is 32.8 Å². The summed E-state index contributed by atoms with van der Waals surface area (Å²) in [5.41, 5.74) is 1.68. The van der Waals surface area contributed by atoms with Gasteiger partial charge in [-0.2, -0.15) is 0 Å². The molecule has 8 heteroatoms. The molecule has 0 aromatic heterocycles. The molecule has 0 aliphatic carbocycles. The first-order chi connectivity index (χ1) is 12.1. The van der Waals surface area contributed by atoms with E-state index in [1.165, 1.54) is 0 Å². The zero-order chi connectivity index (χ0) is 18.3. The van der Waals surface area contributed by atoms with Crippen molar-refractivity contribution in [2.75, 3.05) is 45.9 Å². The normalized spacial score (nSPS) is 10.7. The highest BCUT2D eigenvalue weighted by molar-refractivity contribution is 5.70. The van der Waals surface area contributed by atoms with E-state index in [9.17, 15) is 9.59 Å². The van der Waals surface area contributed by atoms with Crippen LogP contribution in [-0.2, 0) is 27.4 Å². The number of aliphatic carboxylic acids is 2. The number of ether oxygens (including phenoxy) is 1. The minimum atomic E-state index is -0.854. The van der Waals surface area contributed by atoms with Gasteiger partial charge in [-0.05, 0) is 11.1 Å². The van der Waals surface area contributed by atoms with E-state index >= 15 is 0 Å². The molecule has 0 fully saturated rings. The molecule has 0 amide bonds. The first-order valence-electron chi connectivity index (χ1n) is 8.30. The van der Waals surface area contributed by atoms with Crippen molar-refractivity contribution in [3.05, 3.63) is 35.4 Å². The average molecular weight is 353 g/mol. The van der Waals surface area contributed by atoms with Crippen LogP contribution in [0.2, 0.25) is 0 Å². The van der Waals surface area contributed by atoms with E-state index in [0.717, 1.165) is 24.2 Å². The van der Waals surface area contributed by atoms with Crippen molar-refractivity contribution in [2.24, 2.45) is 0 Å². The van der Waals surface area contributed by atoms with Crippen molar-refractivity contribution in [1.29, 1.82) is 0 Å². The van der Waals surface area contributed by atoms with Crippen LogP contribution in [0.15, 0.2) is 24.3 Å². The van der Waals surface area contributed by atoms with Crippen LogP contribution >= 0.6 is 0 Å². The zero-order valence-electron chi connectivity index (χ0n) is 14.3. The molecule has 0 atom stereocenters. The third-order valence-electron chi connectivity index (χ3n) is 3.37. The molecule has 1 aromatic rings. The summed E-state index contributed by atoms with van der Waals surface area (Å²) in [5, 5.41) is 26.6. The van der Waals surface area contributed by atoms with Gasteiger partial charge in [0.25, 0.3) is 0 Å². The molecule has 140 valence electrons. The second-order valence-electron chi connectivity index (χ2n) is 5.46. The second kappa shape index (κ2) is 13.3. The fraction of sp³-hybridized carbons (Fsp3) is 0.529. The van der Waals surface area contributed by atoms with Crippen LogP contribution < -0.4 is 16.0 Å². The summed E-state index contributed by atoms with van der Waals surface area (Å²) < 4.78 is 5.58. The molecule has 0 radical (unpaired) electrons. The molecule has 0 heterocycles. The summed E-state index contributed by atoms with van der Waals surface area (Å²) in [5.74, 6) is -1.70. The van der Waals surface area contributed by atoms with Gasteiger partial charge in [-0.3, -0.25) is 9.59 Å². The maximum absolute atomic E-state index is 10.8. The van der Waals surface area contributed by atoms with Crippen LogP contribution in [0.5, 0.6) is 0 Å². The lowest BCUT2D eigenvalue weighted by Gasteiger charge is -2.10. The Morgan fingerprint density at radius 1 is 0.840 bits per heavy atom. The van der Waals surface area contributed by atoms with E-state index in [-0.39, 0.29) is 13.0 Å². The number of hydrogen-bond donors (Lipinski definition) is 5. The maximum atomic E-state index is 10.8. The topological polar surface area (TPSA) is 120 Å².